The summed E-state index contributed by atoms with van der Waals surface area (Å²) < 4.78 is 5.87. The first-order chi connectivity index (χ1) is 13.0. The Morgan fingerprint density at radius 2 is 2.00 bits per heavy atom. The maximum absolute atomic E-state index is 12.5. The summed E-state index contributed by atoms with van der Waals surface area (Å²) in [6.45, 7) is 4.60. The molecular weight excluding hydrogens is 368 g/mol. The monoisotopic (exact) mass is 390 g/mol. The first-order valence-corrected chi connectivity index (χ1v) is 9.68. The van der Waals surface area contributed by atoms with Crippen LogP contribution in [0.15, 0.2) is 18.2 Å². The topological polar surface area (TPSA) is 101 Å². The van der Waals surface area contributed by atoms with Gasteiger partial charge in [-0.3, -0.25) is 9.59 Å². The van der Waals surface area contributed by atoms with Crippen LogP contribution >= 0.6 is 11.3 Å². The van der Waals surface area contributed by atoms with E-state index in [2.05, 4.69) is 15.6 Å². The maximum atomic E-state index is 12.5. The third kappa shape index (κ3) is 4.73. The van der Waals surface area contributed by atoms with Crippen molar-refractivity contribution in [3.63, 3.8) is 0 Å². The molecule has 3 rings (SSSR count). The van der Waals surface area contributed by atoms with Crippen molar-refractivity contribution in [2.45, 2.75) is 26.7 Å². The van der Waals surface area contributed by atoms with Crippen molar-refractivity contribution < 1.29 is 19.1 Å². The Hall–Kier alpha value is -2.68. The molecule has 1 aliphatic heterocycles. The SMILES string of the molecule is CCOC(=O)N1CCC(C(=O)Nc2nc3ccc(NC(C)=O)cc3s2)CC1. The molecule has 2 N–H and O–H groups in total. The van der Waals surface area contributed by atoms with Crippen molar-refractivity contribution in [1.29, 1.82) is 0 Å². The number of amides is 3. The second-order valence-corrected chi connectivity index (χ2v) is 7.36. The Morgan fingerprint density at radius 1 is 1.26 bits per heavy atom. The van der Waals surface area contributed by atoms with E-state index in [1.54, 1.807) is 17.9 Å². The van der Waals surface area contributed by atoms with Crippen LogP contribution in [0, 0.1) is 5.92 Å². The standard InChI is InChI=1S/C18H22N4O4S/c1-3-26-18(25)22-8-6-12(7-9-22)16(24)21-17-20-14-5-4-13(19-11(2)23)10-15(14)27-17/h4-5,10,12H,3,6-9H2,1-2H3,(H,19,23)(H,20,21,24). The number of carbonyl (C=O) groups is 3. The number of benzene rings is 1. The molecule has 1 aliphatic rings. The molecule has 8 nitrogen and oxygen atoms in total. The number of piperidine rings is 1. The first-order valence-electron chi connectivity index (χ1n) is 8.87. The molecule has 9 heteroatoms. The van der Waals surface area contributed by atoms with Crippen LogP contribution in [0.5, 0.6) is 0 Å². The third-order valence-corrected chi connectivity index (χ3v) is 5.26. The molecule has 1 saturated heterocycles. The Labute approximate surface area is 160 Å². The van der Waals surface area contributed by atoms with Gasteiger partial charge in [-0.1, -0.05) is 11.3 Å². The van der Waals surface area contributed by atoms with Crippen molar-refractivity contribution in [3.05, 3.63) is 18.2 Å². The van der Waals surface area contributed by atoms with Crippen molar-refractivity contribution >= 4 is 50.3 Å². The predicted molar refractivity (Wildman–Crippen MR) is 104 cm³/mol. The van der Waals surface area contributed by atoms with E-state index in [1.807, 2.05) is 12.1 Å². The zero-order chi connectivity index (χ0) is 19.4. The molecule has 1 aromatic heterocycles. The maximum Gasteiger partial charge on any atom is 0.409 e. The number of thiazole rings is 1. The van der Waals surface area contributed by atoms with Gasteiger partial charge in [0.2, 0.25) is 11.8 Å². The number of aromatic nitrogens is 1. The molecule has 0 atom stereocenters. The van der Waals surface area contributed by atoms with E-state index in [-0.39, 0.29) is 23.8 Å². The number of carbonyl (C=O) groups excluding carboxylic acids is 3. The highest BCUT2D eigenvalue weighted by Crippen LogP contribution is 2.29. The molecule has 144 valence electrons. The number of anilines is 2. The molecule has 1 fully saturated rings. The lowest BCUT2D eigenvalue weighted by molar-refractivity contribution is -0.121. The van der Waals surface area contributed by atoms with Gasteiger partial charge in [-0.15, -0.1) is 0 Å². The summed E-state index contributed by atoms with van der Waals surface area (Å²) >= 11 is 1.36. The quantitative estimate of drug-likeness (QED) is 0.836. The van der Waals surface area contributed by atoms with Crippen molar-refractivity contribution in [3.8, 4) is 0 Å². The average Bonchev–Trinajstić information content (AvgIpc) is 3.03. The minimum absolute atomic E-state index is 0.0837. The lowest BCUT2D eigenvalue weighted by Gasteiger charge is -2.30. The fraction of sp³-hybridized carbons (Fsp3) is 0.444. The van der Waals surface area contributed by atoms with Crippen LogP contribution < -0.4 is 10.6 Å². The number of nitrogens with one attached hydrogen (secondary N) is 2. The van der Waals surface area contributed by atoms with Gasteiger partial charge in [0.05, 0.1) is 16.8 Å². The van der Waals surface area contributed by atoms with Gasteiger partial charge >= 0.3 is 6.09 Å². The lowest BCUT2D eigenvalue weighted by Crippen LogP contribution is -2.41. The Bertz CT molecular complexity index is 858. The van der Waals surface area contributed by atoms with E-state index < -0.39 is 0 Å². The van der Waals surface area contributed by atoms with Gasteiger partial charge in [-0.05, 0) is 38.0 Å². The molecule has 27 heavy (non-hydrogen) atoms. The largest absolute Gasteiger partial charge is 0.450 e. The van der Waals surface area contributed by atoms with Crippen LogP contribution in [0.3, 0.4) is 0 Å². The summed E-state index contributed by atoms with van der Waals surface area (Å²) in [5.74, 6) is -0.376. The summed E-state index contributed by atoms with van der Waals surface area (Å²) in [5.41, 5.74) is 1.46. The van der Waals surface area contributed by atoms with Gasteiger partial charge in [0.1, 0.15) is 0 Å². The van der Waals surface area contributed by atoms with Crippen LogP contribution in [0.25, 0.3) is 10.2 Å². The van der Waals surface area contributed by atoms with E-state index in [0.717, 1.165) is 10.2 Å². The smallest absolute Gasteiger partial charge is 0.409 e. The van der Waals surface area contributed by atoms with E-state index in [4.69, 9.17) is 4.74 Å². The summed E-state index contributed by atoms with van der Waals surface area (Å²) in [6, 6.07) is 5.42. The van der Waals surface area contributed by atoms with Crippen LogP contribution in [0.4, 0.5) is 15.6 Å². The highest BCUT2D eigenvalue weighted by Gasteiger charge is 2.28. The van der Waals surface area contributed by atoms with Crippen molar-refractivity contribution in [2.75, 3.05) is 30.3 Å². The first kappa shape index (κ1) is 19.1. The van der Waals surface area contributed by atoms with E-state index in [1.165, 1.54) is 18.3 Å². The summed E-state index contributed by atoms with van der Waals surface area (Å²) in [6.07, 6.45) is 0.877. The van der Waals surface area contributed by atoms with E-state index in [0.29, 0.717) is 43.4 Å². The van der Waals surface area contributed by atoms with Gasteiger partial charge in [0, 0.05) is 31.6 Å². The van der Waals surface area contributed by atoms with Gasteiger partial charge in [0.25, 0.3) is 0 Å². The number of fused-ring (bicyclic) bond motifs is 1. The van der Waals surface area contributed by atoms with Gasteiger partial charge < -0.3 is 20.3 Å². The minimum atomic E-state index is -0.322. The van der Waals surface area contributed by atoms with E-state index >= 15 is 0 Å². The number of likely N-dealkylation sites (tertiary alicyclic amines) is 1. The zero-order valence-corrected chi connectivity index (χ0v) is 16.1. The number of rotatable bonds is 4. The third-order valence-electron chi connectivity index (χ3n) is 4.33. The molecule has 0 aliphatic carbocycles. The molecule has 0 radical (unpaired) electrons. The Morgan fingerprint density at radius 3 is 2.67 bits per heavy atom. The number of nitrogens with zero attached hydrogens (tertiary/aromatic N) is 2. The summed E-state index contributed by atoms with van der Waals surface area (Å²) in [5, 5.41) is 6.14. The Kier molecular flexibility index (Phi) is 5.90. The van der Waals surface area contributed by atoms with Gasteiger partial charge in [-0.25, -0.2) is 9.78 Å². The van der Waals surface area contributed by atoms with Crippen LogP contribution in [-0.4, -0.2) is 47.5 Å². The number of hydrogen-bond acceptors (Lipinski definition) is 6. The molecule has 2 heterocycles. The number of hydrogen-bond donors (Lipinski definition) is 2. The highest BCUT2D eigenvalue weighted by molar-refractivity contribution is 7.22. The normalized spacial score (nSPS) is 14.8. The minimum Gasteiger partial charge on any atom is -0.450 e. The molecule has 2 aromatic rings. The highest BCUT2D eigenvalue weighted by atomic mass is 32.1. The lowest BCUT2D eigenvalue weighted by atomic mass is 9.96. The molecule has 3 amide bonds. The molecule has 0 spiro atoms. The summed E-state index contributed by atoms with van der Waals surface area (Å²) in [7, 11) is 0. The van der Waals surface area contributed by atoms with Gasteiger partial charge in [-0.2, -0.15) is 0 Å². The molecule has 0 unspecified atom stereocenters. The fourth-order valence-corrected chi connectivity index (χ4v) is 3.91. The van der Waals surface area contributed by atoms with Gasteiger partial charge in [0.15, 0.2) is 5.13 Å². The zero-order valence-electron chi connectivity index (χ0n) is 15.3. The fourth-order valence-electron chi connectivity index (χ4n) is 3.01. The average molecular weight is 390 g/mol. The predicted octanol–water partition coefficient (Wildman–Crippen LogP) is 3.06. The molecular formula is C18H22N4O4S. The summed E-state index contributed by atoms with van der Waals surface area (Å²) in [4.78, 5) is 41.5. The van der Waals surface area contributed by atoms with Crippen molar-refractivity contribution in [2.24, 2.45) is 5.92 Å². The van der Waals surface area contributed by atoms with E-state index in [9.17, 15) is 14.4 Å². The second kappa shape index (κ2) is 8.34. The number of ether oxygens (including phenoxy) is 1. The van der Waals surface area contributed by atoms with Crippen LogP contribution in [-0.2, 0) is 14.3 Å². The molecule has 1 aromatic carbocycles. The van der Waals surface area contributed by atoms with Crippen molar-refractivity contribution in [1.82, 2.24) is 9.88 Å². The van der Waals surface area contributed by atoms with Crippen LogP contribution in [0.1, 0.15) is 26.7 Å². The molecule has 0 saturated carbocycles. The van der Waals surface area contributed by atoms with Crippen LogP contribution in [0.2, 0.25) is 0 Å². The molecule has 0 bridgehead atoms. The second-order valence-electron chi connectivity index (χ2n) is 6.33. The Balaban J connectivity index is 1.59.